The fourth-order valence-electron chi connectivity index (χ4n) is 2.67. The Balaban J connectivity index is 0.00000105. The number of aromatic nitrogens is 1. The Morgan fingerprint density at radius 1 is 1.46 bits per heavy atom. The van der Waals surface area contributed by atoms with Crippen LogP contribution >= 0.6 is 41.7 Å². The third kappa shape index (κ3) is 8.19. The smallest absolute Gasteiger partial charge is 0.408 e. The van der Waals surface area contributed by atoms with Gasteiger partial charge in [-0.1, -0.05) is 33.5 Å². The molecular weight excluding hydrogens is 487 g/mol. The van der Waals surface area contributed by atoms with Gasteiger partial charge in [-0.3, -0.25) is 0 Å². The lowest BCUT2D eigenvalue weighted by atomic mass is 9.88. The summed E-state index contributed by atoms with van der Waals surface area (Å²) in [5.41, 5.74) is 1.32. The van der Waals surface area contributed by atoms with Gasteiger partial charge in [0.2, 0.25) is 0 Å². The molecule has 1 aliphatic carbocycles. The molecule has 0 saturated heterocycles. The summed E-state index contributed by atoms with van der Waals surface area (Å²) < 4.78 is 11.3. The highest BCUT2D eigenvalue weighted by molar-refractivity contribution is 14.2. The van der Waals surface area contributed by atoms with Crippen LogP contribution in [0.2, 0.25) is 5.15 Å². The van der Waals surface area contributed by atoms with E-state index in [1.165, 1.54) is 0 Å². The summed E-state index contributed by atoms with van der Waals surface area (Å²) in [6.45, 7) is 8.25. The predicted octanol–water partition coefficient (Wildman–Crippen LogP) is 5.74. The molecule has 0 aliphatic heterocycles. The molecule has 148 valence electrons. The molecule has 5 nitrogen and oxygen atoms in total. The van der Waals surface area contributed by atoms with Gasteiger partial charge < -0.3 is 14.8 Å². The van der Waals surface area contributed by atoms with Crippen LogP contribution in [-0.4, -0.2) is 35.6 Å². The van der Waals surface area contributed by atoms with E-state index in [0.717, 1.165) is 30.5 Å². The SMILES string of the molecule is CCCOC1CCc2nc(Cl)ccc2C1NC(=O)OC(C)(C)C.CSI. The fourth-order valence-corrected chi connectivity index (χ4v) is 2.83. The van der Waals surface area contributed by atoms with Crippen molar-refractivity contribution in [3.05, 3.63) is 28.5 Å². The van der Waals surface area contributed by atoms with Gasteiger partial charge in [0.25, 0.3) is 0 Å². The molecular formula is C18H28ClIN2O3S. The maximum atomic E-state index is 12.2. The third-order valence-electron chi connectivity index (χ3n) is 3.56. The van der Waals surface area contributed by atoms with Crippen molar-refractivity contribution >= 4 is 47.8 Å². The number of nitrogens with one attached hydrogen (secondary N) is 1. The molecule has 2 atom stereocenters. The minimum absolute atomic E-state index is 0.0852. The zero-order valence-corrected chi connectivity index (χ0v) is 19.7. The van der Waals surface area contributed by atoms with Gasteiger partial charge in [0, 0.05) is 12.3 Å². The third-order valence-corrected chi connectivity index (χ3v) is 3.77. The van der Waals surface area contributed by atoms with Crippen LogP contribution in [0.1, 0.15) is 57.8 Å². The van der Waals surface area contributed by atoms with Gasteiger partial charge in [-0.25, -0.2) is 9.78 Å². The highest BCUT2D eigenvalue weighted by Gasteiger charge is 2.33. The minimum Gasteiger partial charge on any atom is -0.444 e. The Morgan fingerprint density at radius 2 is 2.12 bits per heavy atom. The van der Waals surface area contributed by atoms with Gasteiger partial charge >= 0.3 is 6.09 Å². The predicted molar refractivity (Wildman–Crippen MR) is 117 cm³/mol. The Labute approximate surface area is 177 Å². The first-order valence-electron chi connectivity index (χ1n) is 8.63. The molecule has 1 aliphatic rings. The molecule has 1 heterocycles. The zero-order valence-electron chi connectivity index (χ0n) is 16.0. The highest BCUT2D eigenvalue weighted by Crippen LogP contribution is 2.32. The molecule has 2 unspecified atom stereocenters. The van der Waals surface area contributed by atoms with Gasteiger partial charge in [0.05, 0.1) is 12.1 Å². The molecule has 2 rings (SSSR count). The molecule has 8 heteroatoms. The zero-order chi connectivity index (χ0) is 19.7. The van der Waals surface area contributed by atoms with Crippen LogP contribution in [0.3, 0.4) is 0 Å². The van der Waals surface area contributed by atoms with Gasteiger partial charge in [-0.05, 0) is 79.1 Å². The molecule has 0 spiro atoms. The second kappa shape index (κ2) is 11.6. The quantitative estimate of drug-likeness (QED) is 0.410. The number of alkyl carbamates (subject to hydrolysis) is 1. The second-order valence-electron chi connectivity index (χ2n) is 6.90. The number of ether oxygens (including phenoxy) is 2. The number of amides is 1. The molecule has 1 N–H and O–H groups in total. The lowest BCUT2D eigenvalue weighted by Crippen LogP contribution is -2.43. The Morgan fingerprint density at radius 3 is 2.69 bits per heavy atom. The summed E-state index contributed by atoms with van der Waals surface area (Å²) >= 11 is 8.19. The number of fused-ring (bicyclic) bond motifs is 1. The normalized spacial score (nSPS) is 19.0. The molecule has 0 bridgehead atoms. The van der Waals surface area contributed by atoms with Gasteiger partial charge in [0.1, 0.15) is 10.8 Å². The average Bonchev–Trinajstić information content (AvgIpc) is 2.52. The monoisotopic (exact) mass is 514 g/mol. The van der Waals surface area contributed by atoms with E-state index < -0.39 is 11.7 Å². The average molecular weight is 515 g/mol. The first-order chi connectivity index (χ1) is 12.2. The number of halogens is 2. The lowest BCUT2D eigenvalue weighted by Gasteiger charge is -2.34. The van der Waals surface area contributed by atoms with Crippen LogP contribution in [0.25, 0.3) is 0 Å². The highest BCUT2D eigenvalue weighted by atomic mass is 127. The minimum atomic E-state index is -0.542. The summed E-state index contributed by atoms with van der Waals surface area (Å²) in [4.78, 5) is 16.6. The summed E-state index contributed by atoms with van der Waals surface area (Å²) in [6.07, 6.45) is 4.01. The Bertz CT molecular complexity index is 584. The van der Waals surface area contributed by atoms with E-state index in [4.69, 9.17) is 21.1 Å². The van der Waals surface area contributed by atoms with Crippen LogP contribution in [0.15, 0.2) is 12.1 Å². The first kappa shape index (κ1) is 23.8. The maximum absolute atomic E-state index is 12.2. The van der Waals surface area contributed by atoms with Gasteiger partial charge in [-0.2, -0.15) is 0 Å². The van der Waals surface area contributed by atoms with Crippen molar-refractivity contribution in [3.8, 4) is 0 Å². The van der Waals surface area contributed by atoms with Crippen LogP contribution in [0.5, 0.6) is 0 Å². The summed E-state index contributed by atoms with van der Waals surface area (Å²) in [5.74, 6) is 0. The van der Waals surface area contributed by atoms with Crippen molar-refractivity contribution in [1.29, 1.82) is 0 Å². The molecule has 1 aromatic rings. The van der Waals surface area contributed by atoms with E-state index in [0.29, 0.717) is 11.8 Å². The number of carbonyl (C=O) groups is 1. The Hall–Kier alpha value is -0.250. The van der Waals surface area contributed by atoms with Crippen LogP contribution in [0, 0.1) is 0 Å². The topological polar surface area (TPSA) is 60.5 Å². The number of hydrogen-bond acceptors (Lipinski definition) is 5. The van der Waals surface area contributed by atoms with E-state index in [1.54, 1.807) is 15.0 Å². The molecule has 0 saturated carbocycles. The molecule has 1 amide bonds. The maximum Gasteiger partial charge on any atom is 0.408 e. The second-order valence-corrected chi connectivity index (χ2v) is 10.2. The van der Waals surface area contributed by atoms with Crippen LogP contribution < -0.4 is 5.32 Å². The fraction of sp³-hybridized carbons (Fsp3) is 0.667. The summed E-state index contributed by atoms with van der Waals surface area (Å²) in [7, 11) is 1.72. The molecule has 0 radical (unpaired) electrons. The number of nitrogens with zero attached hydrogens (tertiary/aromatic N) is 1. The number of carbonyl (C=O) groups excluding carboxylic acids is 1. The van der Waals surface area contributed by atoms with E-state index in [2.05, 4.69) is 38.4 Å². The molecule has 1 aromatic heterocycles. The van der Waals surface area contributed by atoms with Crippen LogP contribution in [-0.2, 0) is 15.9 Å². The van der Waals surface area contributed by atoms with Crippen molar-refractivity contribution in [2.24, 2.45) is 0 Å². The Kier molecular flexibility index (Phi) is 10.6. The first-order valence-corrected chi connectivity index (χ1v) is 12.8. The van der Waals surface area contributed by atoms with Crippen molar-refractivity contribution in [2.75, 3.05) is 12.9 Å². The molecule has 0 aromatic carbocycles. The number of pyridine rings is 1. The largest absolute Gasteiger partial charge is 0.444 e. The van der Waals surface area contributed by atoms with E-state index in [1.807, 2.05) is 33.1 Å². The van der Waals surface area contributed by atoms with Gasteiger partial charge in [0.15, 0.2) is 0 Å². The van der Waals surface area contributed by atoms with Crippen molar-refractivity contribution in [3.63, 3.8) is 0 Å². The summed E-state index contributed by atoms with van der Waals surface area (Å²) in [6, 6.07) is 3.38. The van der Waals surface area contributed by atoms with Crippen LogP contribution in [0.4, 0.5) is 4.79 Å². The van der Waals surface area contributed by atoms with Gasteiger partial charge in [-0.15, -0.1) is 0 Å². The number of rotatable bonds is 4. The van der Waals surface area contributed by atoms with Crippen molar-refractivity contribution in [1.82, 2.24) is 10.3 Å². The van der Waals surface area contributed by atoms with E-state index >= 15 is 0 Å². The van der Waals surface area contributed by atoms with Crippen molar-refractivity contribution in [2.45, 2.75) is 64.7 Å². The standard InChI is InChI=1S/C17H25ClN2O3.CH3IS/c1-5-10-22-13-8-7-12-11(6-9-14(18)19-12)15(13)20-16(21)23-17(2,3)4;1-3-2/h6,9,13,15H,5,7-8,10H2,1-4H3,(H,20,21);1H3. The summed E-state index contributed by atoms with van der Waals surface area (Å²) in [5, 5.41) is 3.41. The lowest BCUT2D eigenvalue weighted by molar-refractivity contribution is 0.00570. The molecule has 0 fully saturated rings. The van der Waals surface area contributed by atoms with E-state index in [-0.39, 0.29) is 12.1 Å². The molecule has 26 heavy (non-hydrogen) atoms. The van der Waals surface area contributed by atoms with Crippen molar-refractivity contribution < 1.29 is 14.3 Å². The van der Waals surface area contributed by atoms with E-state index in [9.17, 15) is 4.79 Å². The number of aryl methyl sites for hydroxylation is 1. The number of hydrogen-bond donors (Lipinski definition) is 1.